The van der Waals surface area contributed by atoms with Crippen LogP contribution >= 0.6 is 0 Å². The standard InChI is InChI=1S/C23H29N3O2/c1-16(12-17(2)27)18-6-8-21(9-7-18)28-22-10-11-26(15-22)23-24-13-20(14-25-23)19-4-3-5-19/h6-9,13-14,16,19,22H,3-5,10-12,15H2,1-2H3/t16-,22-/m1/s1. The van der Waals surface area contributed by atoms with Gasteiger partial charge in [-0.25, -0.2) is 9.97 Å². The Hall–Kier alpha value is -2.43. The van der Waals surface area contributed by atoms with Crippen LogP contribution in [0.3, 0.4) is 0 Å². The highest BCUT2D eigenvalue weighted by Gasteiger charge is 2.26. The smallest absolute Gasteiger partial charge is 0.225 e. The highest BCUT2D eigenvalue weighted by molar-refractivity contribution is 5.76. The second kappa shape index (κ2) is 8.29. The van der Waals surface area contributed by atoms with Crippen molar-refractivity contribution in [3.05, 3.63) is 47.8 Å². The maximum atomic E-state index is 11.3. The summed E-state index contributed by atoms with van der Waals surface area (Å²) < 4.78 is 6.17. The van der Waals surface area contributed by atoms with Crippen LogP contribution in [0.1, 0.15) is 68.9 Å². The van der Waals surface area contributed by atoms with Crippen molar-refractivity contribution in [1.82, 2.24) is 9.97 Å². The van der Waals surface area contributed by atoms with Gasteiger partial charge in [-0.3, -0.25) is 0 Å². The summed E-state index contributed by atoms with van der Waals surface area (Å²) in [5.41, 5.74) is 2.46. The Morgan fingerprint density at radius 3 is 2.50 bits per heavy atom. The van der Waals surface area contributed by atoms with Gasteiger partial charge in [0.05, 0.1) is 6.54 Å². The molecule has 28 heavy (non-hydrogen) atoms. The molecule has 0 amide bonds. The number of hydrogen-bond acceptors (Lipinski definition) is 5. The van der Waals surface area contributed by atoms with Crippen LogP contribution in [0.4, 0.5) is 5.95 Å². The van der Waals surface area contributed by atoms with Crippen molar-refractivity contribution in [3.63, 3.8) is 0 Å². The number of ether oxygens (including phenoxy) is 1. The molecule has 2 fully saturated rings. The van der Waals surface area contributed by atoms with E-state index < -0.39 is 0 Å². The zero-order chi connectivity index (χ0) is 19.5. The first kappa shape index (κ1) is 18.9. The average molecular weight is 380 g/mol. The molecule has 0 N–H and O–H groups in total. The Balaban J connectivity index is 1.31. The molecule has 1 saturated heterocycles. The van der Waals surface area contributed by atoms with Gasteiger partial charge in [0.1, 0.15) is 17.6 Å². The number of benzene rings is 1. The van der Waals surface area contributed by atoms with Crippen molar-refractivity contribution in [3.8, 4) is 5.75 Å². The SMILES string of the molecule is CC(=O)C[C@@H](C)c1ccc(O[C@@H]2CCN(c3ncc(C4CCC4)cn3)C2)cc1. The number of Topliss-reactive ketones (excluding diaryl/α,β-unsaturated/α-hetero) is 1. The van der Waals surface area contributed by atoms with E-state index in [1.165, 1.54) is 30.4 Å². The number of carbonyl (C=O) groups is 1. The fraction of sp³-hybridized carbons (Fsp3) is 0.522. The molecule has 1 aromatic heterocycles. The zero-order valence-corrected chi connectivity index (χ0v) is 16.8. The molecular weight excluding hydrogens is 350 g/mol. The summed E-state index contributed by atoms with van der Waals surface area (Å²) >= 11 is 0. The Morgan fingerprint density at radius 2 is 1.89 bits per heavy atom. The van der Waals surface area contributed by atoms with E-state index in [1.54, 1.807) is 6.92 Å². The predicted octanol–water partition coefficient (Wildman–Crippen LogP) is 4.48. The van der Waals surface area contributed by atoms with Gasteiger partial charge in [-0.15, -0.1) is 0 Å². The first-order valence-corrected chi connectivity index (χ1v) is 10.4. The Kier molecular flexibility index (Phi) is 5.60. The molecule has 2 aromatic rings. The molecule has 5 heteroatoms. The third-order valence-electron chi connectivity index (χ3n) is 6.01. The molecule has 148 valence electrons. The van der Waals surface area contributed by atoms with Crippen LogP contribution in [-0.4, -0.2) is 34.9 Å². The summed E-state index contributed by atoms with van der Waals surface area (Å²) in [4.78, 5) is 22.7. The normalized spacial score (nSPS) is 20.6. The molecule has 0 bridgehead atoms. The van der Waals surface area contributed by atoms with Crippen LogP contribution in [0.15, 0.2) is 36.7 Å². The lowest BCUT2D eigenvalue weighted by atomic mass is 9.81. The molecule has 1 aliphatic heterocycles. The topological polar surface area (TPSA) is 55.3 Å². The molecule has 2 aliphatic rings. The lowest BCUT2D eigenvalue weighted by Crippen LogP contribution is -2.26. The van der Waals surface area contributed by atoms with E-state index in [1.807, 2.05) is 24.5 Å². The van der Waals surface area contributed by atoms with Crippen LogP contribution in [0.25, 0.3) is 0 Å². The third-order valence-corrected chi connectivity index (χ3v) is 6.01. The third kappa shape index (κ3) is 4.34. The second-order valence-electron chi connectivity index (χ2n) is 8.29. The number of aromatic nitrogens is 2. The summed E-state index contributed by atoms with van der Waals surface area (Å²) in [6.45, 7) is 5.46. The summed E-state index contributed by atoms with van der Waals surface area (Å²) in [5, 5.41) is 0. The average Bonchev–Trinajstić information content (AvgIpc) is 3.09. The van der Waals surface area contributed by atoms with E-state index in [0.717, 1.165) is 31.2 Å². The first-order chi connectivity index (χ1) is 13.6. The van der Waals surface area contributed by atoms with Crippen LogP contribution in [0.2, 0.25) is 0 Å². The highest BCUT2D eigenvalue weighted by Crippen LogP contribution is 2.36. The van der Waals surface area contributed by atoms with Gasteiger partial charge in [0.15, 0.2) is 0 Å². The van der Waals surface area contributed by atoms with E-state index >= 15 is 0 Å². The zero-order valence-electron chi connectivity index (χ0n) is 16.8. The first-order valence-electron chi connectivity index (χ1n) is 10.4. The van der Waals surface area contributed by atoms with E-state index in [2.05, 4.69) is 33.9 Å². The Labute approximate surface area is 167 Å². The van der Waals surface area contributed by atoms with Crippen molar-refractivity contribution in [2.75, 3.05) is 18.0 Å². The Morgan fingerprint density at radius 1 is 1.18 bits per heavy atom. The summed E-state index contributed by atoms with van der Waals surface area (Å²) in [7, 11) is 0. The number of anilines is 1. The number of carbonyl (C=O) groups excluding carboxylic acids is 1. The molecule has 0 radical (unpaired) electrons. The number of rotatable bonds is 7. The molecular formula is C23H29N3O2. The van der Waals surface area contributed by atoms with Crippen LogP contribution < -0.4 is 9.64 Å². The minimum Gasteiger partial charge on any atom is -0.489 e. The minimum atomic E-state index is 0.149. The quantitative estimate of drug-likeness (QED) is 0.710. The van der Waals surface area contributed by atoms with E-state index in [4.69, 9.17) is 4.74 Å². The monoisotopic (exact) mass is 379 g/mol. The molecule has 1 saturated carbocycles. The maximum Gasteiger partial charge on any atom is 0.225 e. The lowest BCUT2D eigenvalue weighted by Gasteiger charge is -2.25. The van der Waals surface area contributed by atoms with Crippen molar-refractivity contribution in [1.29, 1.82) is 0 Å². The molecule has 0 spiro atoms. The van der Waals surface area contributed by atoms with Crippen LogP contribution in [0.5, 0.6) is 5.75 Å². The predicted molar refractivity (Wildman–Crippen MR) is 110 cm³/mol. The molecule has 4 rings (SSSR count). The van der Waals surface area contributed by atoms with E-state index in [-0.39, 0.29) is 17.8 Å². The molecule has 1 aromatic carbocycles. The van der Waals surface area contributed by atoms with Crippen LogP contribution in [0, 0.1) is 0 Å². The molecule has 1 aliphatic carbocycles. The number of ketones is 1. The maximum absolute atomic E-state index is 11.3. The summed E-state index contributed by atoms with van der Waals surface area (Å²) in [5.74, 6) is 2.83. The number of nitrogens with zero attached hydrogens (tertiary/aromatic N) is 3. The van der Waals surface area contributed by atoms with Gasteiger partial charge in [-0.05, 0) is 54.9 Å². The van der Waals surface area contributed by atoms with Gasteiger partial charge in [-0.2, -0.15) is 0 Å². The largest absolute Gasteiger partial charge is 0.489 e. The number of hydrogen-bond donors (Lipinski definition) is 0. The fourth-order valence-electron chi connectivity index (χ4n) is 4.07. The van der Waals surface area contributed by atoms with Crippen molar-refractivity contribution in [2.24, 2.45) is 0 Å². The van der Waals surface area contributed by atoms with Crippen molar-refractivity contribution < 1.29 is 9.53 Å². The van der Waals surface area contributed by atoms with E-state index in [9.17, 15) is 4.79 Å². The molecule has 2 heterocycles. The van der Waals surface area contributed by atoms with Gasteiger partial charge < -0.3 is 14.4 Å². The van der Waals surface area contributed by atoms with Gasteiger partial charge in [0.25, 0.3) is 0 Å². The molecule has 2 atom stereocenters. The van der Waals surface area contributed by atoms with Crippen molar-refractivity contribution in [2.45, 2.75) is 63.9 Å². The van der Waals surface area contributed by atoms with Crippen LogP contribution in [-0.2, 0) is 4.79 Å². The second-order valence-corrected chi connectivity index (χ2v) is 8.29. The highest BCUT2D eigenvalue weighted by atomic mass is 16.5. The van der Waals surface area contributed by atoms with E-state index in [0.29, 0.717) is 12.3 Å². The lowest BCUT2D eigenvalue weighted by molar-refractivity contribution is -0.117. The summed E-state index contributed by atoms with van der Waals surface area (Å²) in [6.07, 6.45) is 9.57. The van der Waals surface area contributed by atoms with Gasteiger partial charge in [-0.1, -0.05) is 25.5 Å². The molecule has 0 unspecified atom stereocenters. The Bertz CT molecular complexity index is 800. The fourth-order valence-corrected chi connectivity index (χ4v) is 4.07. The molecule has 5 nitrogen and oxygen atoms in total. The minimum absolute atomic E-state index is 0.149. The van der Waals surface area contributed by atoms with Gasteiger partial charge >= 0.3 is 0 Å². The van der Waals surface area contributed by atoms with Gasteiger partial charge in [0.2, 0.25) is 5.95 Å². The van der Waals surface area contributed by atoms with Gasteiger partial charge in [0, 0.05) is 31.8 Å². The van der Waals surface area contributed by atoms with Crippen molar-refractivity contribution >= 4 is 11.7 Å². The summed E-state index contributed by atoms with van der Waals surface area (Å²) in [6, 6.07) is 8.16.